The summed E-state index contributed by atoms with van der Waals surface area (Å²) in [5.41, 5.74) is 4.25. The van der Waals surface area contributed by atoms with Crippen LogP contribution in [-0.2, 0) is 4.74 Å². The molecular formula is C16H30INO. The summed E-state index contributed by atoms with van der Waals surface area (Å²) in [6.07, 6.45) is 3.58. The molecule has 112 valence electrons. The van der Waals surface area contributed by atoms with Crippen LogP contribution < -0.4 is 0 Å². The average molecular weight is 379 g/mol. The third kappa shape index (κ3) is 9.31. The van der Waals surface area contributed by atoms with Crippen LogP contribution in [0.4, 0.5) is 0 Å². The van der Waals surface area contributed by atoms with Crippen LogP contribution in [0, 0.1) is 5.92 Å². The van der Waals surface area contributed by atoms with Gasteiger partial charge in [-0.3, -0.25) is 0 Å². The molecule has 2 nitrogen and oxygen atoms in total. The predicted molar refractivity (Wildman–Crippen MR) is 95.0 cm³/mol. The Morgan fingerprint density at radius 2 is 2.00 bits per heavy atom. The lowest BCUT2D eigenvalue weighted by Gasteiger charge is -2.30. The van der Waals surface area contributed by atoms with Gasteiger partial charge in [0.2, 0.25) is 0 Å². The Hall–Kier alpha value is -0.250. The third-order valence-corrected chi connectivity index (χ3v) is 3.22. The molecule has 0 bridgehead atoms. The summed E-state index contributed by atoms with van der Waals surface area (Å²) in [6, 6.07) is 0. The molecule has 0 aromatic rings. The molecule has 19 heavy (non-hydrogen) atoms. The summed E-state index contributed by atoms with van der Waals surface area (Å²) >= 11 is 0. The fourth-order valence-electron chi connectivity index (χ4n) is 1.59. The first-order valence-corrected chi connectivity index (χ1v) is 6.59. The zero-order valence-corrected chi connectivity index (χ0v) is 14.0. The molecule has 2 fully saturated rings. The molecule has 0 N–H and O–H groups in total. The summed E-state index contributed by atoms with van der Waals surface area (Å²) in [5.74, 6) is 1.76. The predicted octanol–water partition coefficient (Wildman–Crippen LogP) is 4.62. The Labute approximate surface area is 136 Å². The molecule has 2 aliphatic rings. The third-order valence-electron chi connectivity index (χ3n) is 3.22. The fraction of sp³-hybridized carbons (Fsp3) is 0.688. The van der Waals surface area contributed by atoms with Crippen molar-refractivity contribution in [3.63, 3.8) is 0 Å². The van der Waals surface area contributed by atoms with Gasteiger partial charge in [0.15, 0.2) is 0 Å². The van der Waals surface area contributed by atoms with E-state index in [4.69, 9.17) is 4.74 Å². The van der Waals surface area contributed by atoms with Gasteiger partial charge in [-0.1, -0.05) is 38.8 Å². The van der Waals surface area contributed by atoms with Gasteiger partial charge in [-0.25, -0.2) is 0 Å². The van der Waals surface area contributed by atoms with Gasteiger partial charge in [0.1, 0.15) is 5.76 Å². The van der Waals surface area contributed by atoms with Crippen molar-refractivity contribution in [3.05, 3.63) is 30.2 Å². The molecule has 0 aromatic carbocycles. The molecular weight excluding hydrogens is 349 g/mol. The average Bonchev–Trinajstić information content (AvgIpc) is 2.89. The molecule has 0 amide bonds. The van der Waals surface area contributed by atoms with Crippen molar-refractivity contribution in [2.45, 2.75) is 40.5 Å². The molecule has 1 saturated heterocycles. The second-order valence-corrected chi connectivity index (χ2v) is 4.74. The first-order valence-electron chi connectivity index (χ1n) is 6.59. The zero-order valence-electron chi connectivity index (χ0n) is 11.7. The molecule has 1 heterocycles. The minimum atomic E-state index is 0. The number of hydrogen-bond acceptors (Lipinski definition) is 2. The van der Waals surface area contributed by atoms with Gasteiger partial charge in [-0.05, 0) is 38.8 Å². The zero-order chi connectivity index (χ0) is 12.7. The number of rotatable bonds is 5. The highest BCUT2D eigenvalue weighted by atomic mass is 127. The number of nitrogens with zero attached hydrogens (tertiary/aromatic N) is 1. The summed E-state index contributed by atoms with van der Waals surface area (Å²) in [7, 11) is 0. The van der Waals surface area contributed by atoms with Crippen molar-refractivity contribution in [2.75, 3.05) is 26.2 Å². The van der Waals surface area contributed by atoms with Crippen molar-refractivity contribution in [1.29, 1.82) is 0 Å². The quantitative estimate of drug-likeness (QED) is 0.299. The molecule has 1 saturated carbocycles. The summed E-state index contributed by atoms with van der Waals surface area (Å²) < 4.78 is 5.33. The summed E-state index contributed by atoms with van der Waals surface area (Å²) in [6.45, 7) is 15.8. The van der Waals surface area contributed by atoms with E-state index >= 15 is 0 Å². The van der Waals surface area contributed by atoms with Gasteiger partial charge >= 0.3 is 0 Å². The Balaban J connectivity index is 0. The number of likely N-dealkylation sites (tertiary alicyclic amines) is 1. The molecule has 0 aromatic heterocycles. The van der Waals surface area contributed by atoms with Crippen molar-refractivity contribution in [2.24, 2.45) is 5.92 Å². The maximum Gasteiger partial charge on any atom is 0.139 e. The van der Waals surface area contributed by atoms with Crippen LogP contribution >= 0.6 is 24.0 Å². The highest BCUT2D eigenvalue weighted by molar-refractivity contribution is 14.0. The van der Waals surface area contributed by atoms with Crippen LogP contribution in [0.25, 0.3) is 0 Å². The van der Waals surface area contributed by atoms with Crippen LogP contribution in [0.1, 0.15) is 40.5 Å². The standard InChI is InChI=1S/C10H17NO.C5H8.CH4.HI/c1-3-10(12-4-2)6-9-11-7-5-8-11;1-4-3-5(4)2;;/h1,4-9H2,2H3;5H,1,3H2,2H3;1H4;1H. The monoisotopic (exact) mass is 379 g/mol. The van der Waals surface area contributed by atoms with E-state index in [0.29, 0.717) is 0 Å². The number of halogens is 1. The minimum Gasteiger partial charge on any atom is -0.490 e. The largest absolute Gasteiger partial charge is 0.490 e. The van der Waals surface area contributed by atoms with Gasteiger partial charge < -0.3 is 9.64 Å². The molecule has 3 heteroatoms. The van der Waals surface area contributed by atoms with Gasteiger partial charge in [0.25, 0.3) is 0 Å². The van der Waals surface area contributed by atoms with E-state index in [9.17, 15) is 0 Å². The molecule has 1 unspecified atom stereocenters. The normalized spacial score (nSPS) is 19.5. The van der Waals surface area contributed by atoms with E-state index < -0.39 is 0 Å². The maximum atomic E-state index is 5.33. The second-order valence-electron chi connectivity index (χ2n) is 4.74. The molecule has 1 atom stereocenters. The van der Waals surface area contributed by atoms with E-state index in [1.54, 1.807) is 0 Å². The van der Waals surface area contributed by atoms with Gasteiger partial charge in [0.05, 0.1) is 6.61 Å². The molecule has 1 aliphatic heterocycles. The second kappa shape index (κ2) is 11.6. The van der Waals surface area contributed by atoms with Crippen LogP contribution in [0.2, 0.25) is 0 Å². The van der Waals surface area contributed by atoms with Gasteiger partial charge in [0, 0.05) is 13.0 Å². The Kier molecular flexibility index (Phi) is 12.8. The Morgan fingerprint density at radius 3 is 2.26 bits per heavy atom. The molecule has 2 rings (SSSR count). The molecule has 1 aliphatic carbocycles. The number of ether oxygens (including phenoxy) is 1. The van der Waals surface area contributed by atoms with Crippen molar-refractivity contribution >= 4 is 24.0 Å². The van der Waals surface area contributed by atoms with Crippen molar-refractivity contribution < 1.29 is 4.74 Å². The van der Waals surface area contributed by atoms with E-state index in [2.05, 4.69) is 30.7 Å². The number of hydrogen-bond donors (Lipinski definition) is 0. The maximum absolute atomic E-state index is 5.33. The van der Waals surface area contributed by atoms with Crippen molar-refractivity contribution in [3.8, 4) is 0 Å². The lowest BCUT2D eigenvalue weighted by Crippen LogP contribution is -2.37. The van der Waals surface area contributed by atoms with Crippen LogP contribution in [0.3, 0.4) is 0 Å². The van der Waals surface area contributed by atoms with Gasteiger partial charge in [-0.15, -0.1) is 24.0 Å². The minimum absolute atomic E-state index is 0. The summed E-state index contributed by atoms with van der Waals surface area (Å²) in [5, 5.41) is 0. The van der Waals surface area contributed by atoms with E-state index in [1.807, 2.05) is 6.92 Å². The summed E-state index contributed by atoms with van der Waals surface area (Å²) in [4.78, 5) is 2.41. The lowest BCUT2D eigenvalue weighted by atomic mass is 10.2. The highest BCUT2D eigenvalue weighted by Gasteiger charge is 2.19. The molecule has 0 spiro atoms. The van der Waals surface area contributed by atoms with E-state index in [0.717, 1.165) is 31.2 Å². The first kappa shape index (κ1) is 21.1. The van der Waals surface area contributed by atoms with Crippen LogP contribution in [0.15, 0.2) is 30.2 Å². The SMILES string of the molecule is C.C=C1CC1C.C=C=C(CCN1CCC1)OCC.I. The first-order chi connectivity index (χ1) is 8.17. The topological polar surface area (TPSA) is 12.5 Å². The fourth-order valence-corrected chi connectivity index (χ4v) is 1.59. The highest BCUT2D eigenvalue weighted by Crippen LogP contribution is 2.34. The van der Waals surface area contributed by atoms with Gasteiger partial charge in [-0.2, -0.15) is 0 Å². The van der Waals surface area contributed by atoms with Crippen molar-refractivity contribution in [1.82, 2.24) is 4.90 Å². The van der Waals surface area contributed by atoms with E-state index in [-0.39, 0.29) is 31.4 Å². The van der Waals surface area contributed by atoms with Crippen LogP contribution in [0.5, 0.6) is 0 Å². The molecule has 0 radical (unpaired) electrons. The Morgan fingerprint density at radius 1 is 1.47 bits per heavy atom. The smallest absolute Gasteiger partial charge is 0.139 e. The van der Waals surface area contributed by atoms with Crippen LogP contribution in [-0.4, -0.2) is 31.1 Å². The lowest BCUT2D eigenvalue weighted by molar-refractivity contribution is 0.159. The van der Waals surface area contributed by atoms with E-state index in [1.165, 1.54) is 31.5 Å². The Bertz CT molecular complexity index is 304. The number of allylic oxidation sites excluding steroid dienone is 1.